The predicted molar refractivity (Wildman–Crippen MR) is 110 cm³/mol. The van der Waals surface area contributed by atoms with E-state index in [1.807, 2.05) is 31.2 Å². The normalized spacial score (nSPS) is 11.6. The van der Waals surface area contributed by atoms with Crippen molar-refractivity contribution in [2.24, 2.45) is 7.05 Å². The lowest BCUT2D eigenvalue weighted by molar-refractivity contribution is 0.608. The smallest absolute Gasteiger partial charge is 0.332 e. The molecule has 3 aromatic heterocycles. The number of hydrogen-bond donors (Lipinski definition) is 0. The molecule has 0 amide bonds. The third-order valence-electron chi connectivity index (χ3n) is 5.31. The largest absolute Gasteiger partial charge is 0.423 e. The number of hydrogen-bond acceptors (Lipinski definition) is 4. The summed E-state index contributed by atoms with van der Waals surface area (Å²) in [6.45, 7) is 2.09. The topological polar surface area (TPSA) is 74.4 Å². The van der Waals surface area contributed by atoms with E-state index in [9.17, 15) is 14.0 Å². The Bertz CT molecular complexity index is 1540. The molecule has 0 atom stereocenters. The van der Waals surface area contributed by atoms with Crippen molar-refractivity contribution in [1.29, 1.82) is 0 Å². The van der Waals surface area contributed by atoms with Gasteiger partial charge in [-0.15, -0.1) is 0 Å². The zero-order chi connectivity index (χ0) is 21.0. The maximum atomic E-state index is 13.3. The van der Waals surface area contributed by atoms with E-state index in [1.165, 1.54) is 25.7 Å². The third kappa shape index (κ3) is 2.68. The minimum Gasteiger partial charge on any atom is -0.423 e. The van der Waals surface area contributed by atoms with Crippen LogP contribution in [0.3, 0.4) is 0 Å². The molecule has 2 aromatic carbocycles. The van der Waals surface area contributed by atoms with Gasteiger partial charge in [-0.3, -0.25) is 18.3 Å². The standard InChI is InChI=1S/C22H17FN4O3/c1-13-5-3-4-6-15(13)11-27-20(28)18-19(25(2)22(27)29)24-21-26(18)12-17(30-21)14-7-9-16(23)10-8-14/h3-10,12H,11H2,1-2H3. The molecule has 0 spiro atoms. The molecule has 0 unspecified atom stereocenters. The molecule has 150 valence electrons. The van der Waals surface area contributed by atoms with Crippen molar-refractivity contribution in [3.8, 4) is 11.3 Å². The Morgan fingerprint density at radius 1 is 1.07 bits per heavy atom. The van der Waals surface area contributed by atoms with Crippen LogP contribution >= 0.6 is 0 Å². The lowest BCUT2D eigenvalue weighted by Crippen LogP contribution is -2.39. The van der Waals surface area contributed by atoms with Crippen LogP contribution in [0.4, 0.5) is 4.39 Å². The minimum absolute atomic E-state index is 0.157. The van der Waals surface area contributed by atoms with Crippen LogP contribution in [-0.2, 0) is 13.6 Å². The number of aromatic nitrogens is 4. The highest BCUT2D eigenvalue weighted by molar-refractivity contribution is 5.76. The lowest BCUT2D eigenvalue weighted by Gasteiger charge is -2.10. The van der Waals surface area contributed by atoms with Crippen molar-refractivity contribution in [1.82, 2.24) is 18.5 Å². The van der Waals surface area contributed by atoms with Crippen LogP contribution in [0.5, 0.6) is 0 Å². The van der Waals surface area contributed by atoms with Gasteiger partial charge in [0, 0.05) is 12.6 Å². The van der Waals surface area contributed by atoms with Crippen molar-refractivity contribution in [3.05, 3.63) is 92.5 Å². The van der Waals surface area contributed by atoms with Gasteiger partial charge in [0.25, 0.3) is 5.56 Å². The SMILES string of the molecule is Cc1ccccc1Cn1c(=O)c2c(nc3oc(-c4ccc(F)cc4)cn32)n(C)c1=O. The van der Waals surface area contributed by atoms with Crippen molar-refractivity contribution in [3.63, 3.8) is 0 Å². The zero-order valence-electron chi connectivity index (χ0n) is 16.3. The van der Waals surface area contributed by atoms with Crippen LogP contribution in [-0.4, -0.2) is 18.5 Å². The fourth-order valence-corrected chi connectivity index (χ4v) is 3.60. The fourth-order valence-electron chi connectivity index (χ4n) is 3.60. The van der Waals surface area contributed by atoms with Gasteiger partial charge in [-0.2, -0.15) is 4.98 Å². The van der Waals surface area contributed by atoms with Crippen LogP contribution < -0.4 is 11.2 Å². The first-order valence-electron chi connectivity index (χ1n) is 9.36. The van der Waals surface area contributed by atoms with Gasteiger partial charge in [0.15, 0.2) is 16.9 Å². The molecular weight excluding hydrogens is 387 g/mol. The molecule has 7 nitrogen and oxygen atoms in total. The Hall–Kier alpha value is -3.94. The van der Waals surface area contributed by atoms with Crippen LogP contribution in [0.1, 0.15) is 11.1 Å². The second-order valence-electron chi connectivity index (χ2n) is 7.20. The third-order valence-corrected chi connectivity index (χ3v) is 5.31. The summed E-state index contributed by atoms with van der Waals surface area (Å²) in [6.07, 6.45) is 1.63. The Balaban J connectivity index is 1.73. The highest BCUT2D eigenvalue weighted by atomic mass is 19.1. The summed E-state index contributed by atoms with van der Waals surface area (Å²) in [6, 6.07) is 13.4. The monoisotopic (exact) mass is 404 g/mol. The molecule has 5 rings (SSSR count). The predicted octanol–water partition coefficient (Wildman–Crippen LogP) is 3.10. The molecule has 0 aliphatic carbocycles. The summed E-state index contributed by atoms with van der Waals surface area (Å²) in [5, 5.41) is 0. The van der Waals surface area contributed by atoms with Crippen LogP contribution in [0.25, 0.3) is 28.3 Å². The molecule has 5 aromatic rings. The second kappa shape index (κ2) is 6.55. The molecule has 0 N–H and O–H groups in total. The second-order valence-corrected chi connectivity index (χ2v) is 7.20. The molecule has 0 aliphatic heterocycles. The molecule has 0 fully saturated rings. The van der Waals surface area contributed by atoms with E-state index in [-0.39, 0.29) is 29.4 Å². The number of halogens is 1. The van der Waals surface area contributed by atoms with Gasteiger partial charge in [-0.1, -0.05) is 24.3 Å². The first-order valence-corrected chi connectivity index (χ1v) is 9.36. The highest BCUT2D eigenvalue weighted by Crippen LogP contribution is 2.24. The van der Waals surface area contributed by atoms with E-state index in [4.69, 9.17) is 4.42 Å². The van der Waals surface area contributed by atoms with E-state index in [2.05, 4.69) is 4.98 Å². The summed E-state index contributed by atoms with van der Waals surface area (Å²) in [7, 11) is 1.58. The van der Waals surface area contributed by atoms with Crippen LogP contribution in [0.2, 0.25) is 0 Å². The van der Waals surface area contributed by atoms with Crippen molar-refractivity contribution in [2.75, 3.05) is 0 Å². The lowest BCUT2D eigenvalue weighted by atomic mass is 10.1. The molecule has 30 heavy (non-hydrogen) atoms. The van der Waals surface area contributed by atoms with E-state index in [0.29, 0.717) is 11.3 Å². The van der Waals surface area contributed by atoms with Gasteiger partial charge in [-0.05, 0) is 42.3 Å². The fraction of sp³-hybridized carbons (Fsp3) is 0.136. The first-order chi connectivity index (χ1) is 14.4. The Morgan fingerprint density at radius 2 is 1.80 bits per heavy atom. The number of benzene rings is 2. The van der Waals surface area contributed by atoms with Gasteiger partial charge in [-0.25, -0.2) is 9.18 Å². The first kappa shape index (κ1) is 18.1. The van der Waals surface area contributed by atoms with Crippen LogP contribution in [0.15, 0.2) is 68.7 Å². The van der Waals surface area contributed by atoms with Gasteiger partial charge < -0.3 is 4.42 Å². The number of nitrogens with zero attached hydrogens (tertiary/aromatic N) is 4. The summed E-state index contributed by atoms with van der Waals surface area (Å²) < 4.78 is 23.1. The number of imidazole rings is 1. The summed E-state index contributed by atoms with van der Waals surface area (Å²) in [4.78, 5) is 30.5. The highest BCUT2D eigenvalue weighted by Gasteiger charge is 2.20. The maximum absolute atomic E-state index is 13.3. The minimum atomic E-state index is -0.449. The molecule has 8 heteroatoms. The average molecular weight is 404 g/mol. The zero-order valence-corrected chi connectivity index (χ0v) is 16.3. The molecule has 0 saturated carbocycles. The van der Waals surface area contributed by atoms with E-state index >= 15 is 0 Å². The summed E-state index contributed by atoms with van der Waals surface area (Å²) in [5.74, 6) is 0.276. The van der Waals surface area contributed by atoms with Crippen molar-refractivity contribution >= 4 is 17.0 Å². The Kier molecular flexibility index (Phi) is 3.95. The molecular formula is C22H17FN4O3. The van der Waals surface area contributed by atoms with Gasteiger partial charge >= 0.3 is 11.5 Å². The summed E-state index contributed by atoms with van der Waals surface area (Å²) in [5.41, 5.74) is 2.13. The van der Waals surface area contributed by atoms with E-state index in [0.717, 1.165) is 11.1 Å². The summed E-state index contributed by atoms with van der Waals surface area (Å²) >= 11 is 0. The molecule has 3 heterocycles. The van der Waals surface area contributed by atoms with E-state index < -0.39 is 11.2 Å². The van der Waals surface area contributed by atoms with Gasteiger partial charge in [0.2, 0.25) is 0 Å². The van der Waals surface area contributed by atoms with E-state index in [1.54, 1.807) is 25.4 Å². The number of fused-ring (bicyclic) bond motifs is 3. The Morgan fingerprint density at radius 3 is 2.53 bits per heavy atom. The Labute approximate surface area is 169 Å². The van der Waals surface area contributed by atoms with Crippen LogP contribution in [0, 0.1) is 12.7 Å². The molecule has 0 bridgehead atoms. The van der Waals surface area contributed by atoms with Gasteiger partial charge in [0.1, 0.15) is 5.82 Å². The maximum Gasteiger partial charge on any atom is 0.332 e. The number of oxazole rings is 1. The number of aryl methyl sites for hydroxylation is 2. The molecule has 0 saturated heterocycles. The van der Waals surface area contributed by atoms with Gasteiger partial charge in [0.05, 0.1) is 12.7 Å². The van der Waals surface area contributed by atoms with Crippen molar-refractivity contribution < 1.29 is 8.81 Å². The molecule has 0 aliphatic rings. The number of rotatable bonds is 3. The average Bonchev–Trinajstić information content (AvgIpc) is 3.29. The molecule has 0 radical (unpaired) electrons. The quantitative estimate of drug-likeness (QED) is 0.463. The van der Waals surface area contributed by atoms with Crippen molar-refractivity contribution in [2.45, 2.75) is 13.5 Å².